The Morgan fingerprint density at radius 1 is 1.09 bits per heavy atom. The van der Waals surface area contributed by atoms with E-state index in [1.165, 1.54) is 5.56 Å². The fraction of sp³-hybridized carbons (Fsp3) is 0.500. The summed E-state index contributed by atoms with van der Waals surface area (Å²) in [5.74, 6) is 1.17. The summed E-state index contributed by atoms with van der Waals surface area (Å²) in [6.45, 7) is 3.70. The van der Waals surface area contributed by atoms with Crippen LogP contribution in [0, 0.1) is 5.41 Å². The van der Waals surface area contributed by atoms with Gasteiger partial charge in [0.15, 0.2) is 0 Å². The van der Waals surface area contributed by atoms with E-state index in [1.807, 2.05) is 48.2 Å². The number of hydrogen-bond acceptors (Lipinski definition) is 3. The molecule has 1 saturated heterocycles. The first-order valence-corrected chi connectivity index (χ1v) is 12.9. The van der Waals surface area contributed by atoms with Crippen molar-refractivity contribution in [2.45, 2.75) is 64.3 Å². The number of carbonyl (C=O) groups is 2. The normalized spacial score (nSPS) is 20.9. The van der Waals surface area contributed by atoms with Crippen molar-refractivity contribution in [2.75, 3.05) is 19.7 Å². The largest absolute Gasteiger partial charge is 0.491 e. The quantitative estimate of drug-likeness (QED) is 0.654. The van der Waals surface area contributed by atoms with Crippen LogP contribution in [0.15, 0.2) is 48.5 Å². The van der Waals surface area contributed by atoms with E-state index in [2.05, 4.69) is 17.4 Å². The molecule has 6 heteroatoms. The molecule has 0 aromatic heterocycles. The van der Waals surface area contributed by atoms with Gasteiger partial charge in [0, 0.05) is 24.5 Å². The van der Waals surface area contributed by atoms with Crippen molar-refractivity contribution in [3.63, 3.8) is 0 Å². The van der Waals surface area contributed by atoms with E-state index in [0.29, 0.717) is 50.4 Å². The number of halogens is 1. The van der Waals surface area contributed by atoms with Crippen molar-refractivity contribution in [3.05, 3.63) is 64.7 Å². The van der Waals surface area contributed by atoms with E-state index in [-0.39, 0.29) is 17.9 Å². The molecule has 1 spiro atoms. The molecule has 0 aliphatic carbocycles. The van der Waals surface area contributed by atoms with Crippen molar-refractivity contribution in [1.29, 1.82) is 0 Å². The molecule has 182 valence electrons. The van der Waals surface area contributed by atoms with Gasteiger partial charge in [-0.05, 0) is 68.7 Å². The number of fused-ring (bicyclic) bond motifs is 1. The van der Waals surface area contributed by atoms with Gasteiger partial charge in [-0.2, -0.15) is 0 Å². The Labute approximate surface area is 207 Å². The molecule has 2 heterocycles. The van der Waals surface area contributed by atoms with Crippen LogP contribution in [-0.4, -0.2) is 42.5 Å². The Bertz CT molecular complexity index is 1000. The molecule has 0 radical (unpaired) electrons. The average molecular weight is 483 g/mol. The van der Waals surface area contributed by atoms with E-state index >= 15 is 0 Å². The highest BCUT2D eigenvalue weighted by Crippen LogP contribution is 2.38. The Balaban J connectivity index is 1.37. The van der Waals surface area contributed by atoms with Gasteiger partial charge in [0.2, 0.25) is 11.8 Å². The second-order valence-corrected chi connectivity index (χ2v) is 10.2. The van der Waals surface area contributed by atoms with Gasteiger partial charge >= 0.3 is 0 Å². The van der Waals surface area contributed by atoms with Crippen LogP contribution < -0.4 is 10.1 Å². The third-order valence-corrected chi connectivity index (χ3v) is 7.68. The van der Waals surface area contributed by atoms with Gasteiger partial charge in [-0.1, -0.05) is 54.4 Å². The maximum Gasteiger partial charge on any atom is 0.226 e. The fourth-order valence-electron chi connectivity index (χ4n) is 5.14. The molecule has 4 rings (SSSR count). The van der Waals surface area contributed by atoms with E-state index in [4.69, 9.17) is 16.3 Å². The topological polar surface area (TPSA) is 58.6 Å². The minimum Gasteiger partial charge on any atom is -0.491 e. The molecule has 2 aliphatic heterocycles. The summed E-state index contributed by atoms with van der Waals surface area (Å²) in [6.07, 6.45) is 6.31. The molecule has 1 N–H and O–H groups in total. The van der Waals surface area contributed by atoms with Gasteiger partial charge in [-0.3, -0.25) is 9.59 Å². The predicted molar refractivity (Wildman–Crippen MR) is 135 cm³/mol. The lowest BCUT2D eigenvalue weighted by atomic mass is 9.73. The molecule has 1 atom stereocenters. The molecule has 2 aromatic carbocycles. The summed E-state index contributed by atoms with van der Waals surface area (Å²) >= 11 is 6.24. The van der Waals surface area contributed by atoms with Crippen LogP contribution >= 0.6 is 11.6 Å². The number of rotatable bonds is 3. The Hall–Kier alpha value is -2.53. The van der Waals surface area contributed by atoms with E-state index in [1.54, 1.807) is 0 Å². The monoisotopic (exact) mass is 482 g/mol. The zero-order chi connectivity index (χ0) is 24.0. The van der Waals surface area contributed by atoms with Gasteiger partial charge in [-0.15, -0.1) is 0 Å². The molecular weight excluding hydrogens is 448 g/mol. The number of benzene rings is 2. The highest BCUT2D eigenvalue weighted by molar-refractivity contribution is 6.31. The minimum absolute atomic E-state index is 0.0767. The summed E-state index contributed by atoms with van der Waals surface area (Å²) in [5, 5.41) is 3.91. The van der Waals surface area contributed by atoms with Crippen LogP contribution in [0.25, 0.3) is 0 Å². The van der Waals surface area contributed by atoms with Crippen molar-refractivity contribution in [2.24, 2.45) is 5.41 Å². The SMILES string of the molecule is C[C@@H]1COc2ccccc2CCCCC2(CCN(C(=O)CCc3ccccc3Cl)CC2)C(=O)N1. The Morgan fingerprint density at radius 3 is 2.62 bits per heavy atom. The Morgan fingerprint density at radius 2 is 1.82 bits per heavy atom. The summed E-state index contributed by atoms with van der Waals surface area (Å²) in [7, 11) is 0. The van der Waals surface area contributed by atoms with Crippen LogP contribution in [0.4, 0.5) is 0 Å². The maximum absolute atomic E-state index is 13.4. The molecule has 0 bridgehead atoms. The minimum atomic E-state index is -0.410. The van der Waals surface area contributed by atoms with Crippen LogP contribution in [0.5, 0.6) is 5.75 Å². The third-order valence-electron chi connectivity index (χ3n) is 7.31. The predicted octanol–water partition coefficient (Wildman–Crippen LogP) is 5.19. The molecule has 0 unspecified atom stereocenters. The third kappa shape index (κ3) is 5.93. The number of para-hydroxylation sites is 1. The number of likely N-dealkylation sites (tertiary alicyclic amines) is 1. The highest BCUT2D eigenvalue weighted by Gasteiger charge is 2.42. The summed E-state index contributed by atoms with van der Waals surface area (Å²) < 4.78 is 6.04. The van der Waals surface area contributed by atoms with Gasteiger partial charge in [0.1, 0.15) is 12.4 Å². The van der Waals surface area contributed by atoms with E-state index in [0.717, 1.165) is 37.0 Å². The molecule has 2 aromatic rings. The first-order chi connectivity index (χ1) is 16.5. The smallest absolute Gasteiger partial charge is 0.226 e. The van der Waals surface area contributed by atoms with Crippen LogP contribution in [0.1, 0.15) is 56.6 Å². The van der Waals surface area contributed by atoms with Crippen molar-refractivity contribution in [3.8, 4) is 5.75 Å². The highest BCUT2D eigenvalue weighted by atomic mass is 35.5. The number of carbonyl (C=O) groups excluding carboxylic acids is 2. The molecular formula is C28H35ClN2O3. The molecule has 34 heavy (non-hydrogen) atoms. The molecule has 2 aliphatic rings. The molecule has 5 nitrogen and oxygen atoms in total. The lowest BCUT2D eigenvalue weighted by molar-refractivity contribution is -0.141. The number of nitrogens with zero attached hydrogens (tertiary/aromatic N) is 1. The second-order valence-electron chi connectivity index (χ2n) is 9.75. The maximum atomic E-state index is 13.4. The molecule has 0 saturated carbocycles. The standard InChI is InChI=1S/C28H35ClN2O3/c1-21-20-34-25-12-5-3-9-23(25)10-6-7-15-28(27(33)30-21)16-18-31(19-17-28)26(32)14-13-22-8-2-4-11-24(22)29/h2-5,8-9,11-12,21H,6-7,10,13-20H2,1H3,(H,30,33)/t21-/m1/s1. The van der Waals surface area contributed by atoms with Gasteiger partial charge in [-0.25, -0.2) is 0 Å². The number of nitrogens with one attached hydrogen (secondary N) is 1. The summed E-state index contributed by atoms with van der Waals surface area (Å²) in [5.41, 5.74) is 1.82. The lowest BCUT2D eigenvalue weighted by Gasteiger charge is -2.41. The van der Waals surface area contributed by atoms with Crippen LogP contribution in [0.3, 0.4) is 0 Å². The van der Waals surface area contributed by atoms with Gasteiger partial charge < -0.3 is 15.0 Å². The molecule has 1 fully saturated rings. The lowest BCUT2D eigenvalue weighted by Crippen LogP contribution is -2.52. The van der Waals surface area contributed by atoms with E-state index in [9.17, 15) is 9.59 Å². The summed E-state index contributed by atoms with van der Waals surface area (Å²) in [6, 6.07) is 15.8. The first kappa shape index (κ1) is 24.6. The number of aryl methyl sites for hydroxylation is 2. The second kappa shape index (κ2) is 11.3. The van der Waals surface area contributed by atoms with Crippen LogP contribution in [0.2, 0.25) is 5.02 Å². The average Bonchev–Trinajstić information content (AvgIpc) is 2.85. The van der Waals surface area contributed by atoms with Crippen molar-refractivity contribution >= 4 is 23.4 Å². The number of hydrogen-bond donors (Lipinski definition) is 1. The summed E-state index contributed by atoms with van der Waals surface area (Å²) in [4.78, 5) is 28.2. The zero-order valence-corrected chi connectivity index (χ0v) is 20.8. The van der Waals surface area contributed by atoms with E-state index < -0.39 is 5.41 Å². The number of piperidine rings is 1. The van der Waals surface area contributed by atoms with Gasteiger partial charge in [0.05, 0.1) is 11.5 Å². The van der Waals surface area contributed by atoms with Crippen molar-refractivity contribution < 1.29 is 14.3 Å². The molecule has 2 amide bonds. The fourth-order valence-corrected chi connectivity index (χ4v) is 5.37. The number of ether oxygens (including phenoxy) is 1. The van der Waals surface area contributed by atoms with Crippen molar-refractivity contribution in [1.82, 2.24) is 10.2 Å². The van der Waals surface area contributed by atoms with Gasteiger partial charge in [0.25, 0.3) is 0 Å². The zero-order valence-electron chi connectivity index (χ0n) is 20.0. The Kier molecular flexibility index (Phi) is 8.15. The first-order valence-electron chi connectivity index (χ1n) is 12.5. The number of amides is 2. The van der Waals surface area contributed by atoms with Crippen LogP contribution in [-0.2, 0) is 22.4 Å².